The highest BCUT2D eigenvalue weighted by Gasteiger charge is 2.17. The molecule has 6 heteroatoms. The number of nitrogens with zero attached hydrogens (tertiary/aromatic N) is 2. The van der Waals surface area contributed by atoms with Crippen molar-refractivity contribution >= 4 is 17.3 Å². The van der Waals surface area contributed by atoms with Crippen LogP contribution in [0.4, 0.5) is 15.8 Å². The second-order valence-corrected chi connectivity index (χ2v) is 5.07. The lowest BCUT2D eigenvalue weighted by Crippen LogP contribution is -2.19. The lowest BCUT2D eigenvalue weighted by atomic mass is 10.1. The molecule has 0 saturated heterocycles. The third-order valence-corrected chi connectivity index (χ3v) is 3.03. The fourth-order valence-electron chi connectivity index (χ4n) is 1.83. The quantitative estimate of drug-likeness (QED) is 0.910. The molecule has 0 atom stereocenters. The first-order valence-corrected chi connectivity index (χ1v) is 6.59. The first-order valence-electron chi connectivity index (χ1n) is 6.59. The molecule has 110 valence electrons. The van der Waals surface area contributed by atoms with Gasteiger partial charge in [0.15, 0.2) is 5.69 Å². The van der Waals surface area contributed by atoms with Crippen LogP contribution in [0.25, 0.3) is 0 Å². The summed E-state index contributed by atoms with van der Waals surface area (Å²) < 4.78 is 13.8. The summed E-state index contributed by atoms with van der Waals surface area (Å²) in [7, 11) is 0. The number of carbonyl (C=O) groups is 1. The predicted octanol–water partition coefficient (Wildman–Crippen LogP) is 2.88. The lowest BCUT2D eigenvalue weighted by Gasteiger charge is -2.11. The minimum absolute atomic E-state index is 0.0522. The molecule has 0 spiro atoms. The first-order chi connectivity index (χ1) is 9.90. The van der Waals surface area contributed by atoms with Gasteiger partial charge in [0.1, 0.15) is 11.6 Å². The van der Waals surface area contributed by atoms with E-state index in [9.17, 15) is 9.18 Å². The number of nitrogens with two attached hydrogens (primary N) is 1. The number of halogens is 1. The van der Waals surface area contributed by atoms with E-state index < -0.39 is 11.7 Å². The Morgan fingerprint density at radius 3 is 2.71 bits per heavy atom. The largest absolute Gasteiger partial charge is 0.396 e. The number of para-hydroxylation sites is 1. The third-order valence-electron chi connectivity index (χ3n) is 3.03. The minimum atomic E-state index is -0.551. The topological polar surface area (TPSA) is 80.9 Å². The maximum atomic E-state index is 13.8. The van der Waals surface area contributed by atoms with Gasteiger partial charge in [0, 0.05) is 5.92 Å². The van der Waals surface area contributed by atoms with Crippen molar-refractivity contribution in [1.29, 1.82) is 0 Å². The lowest BCUT2D eigenvalue weighted by molar-refractivity contribution is 0.102. The number of hydrogen-bond donors (Lipinski definition) is 2. The fraction of sp³-hybridized carbons (Fsp3) is 0.267. The van der Waals surface area contributed by atoms with Gasteiger partial charge >= 0.3 is 0 Å². The van der Waals surface area contributed by atoms with E-state index in [1.165, 1.54) is 12.3 Å². The van der Waals surface area contributed by atoms with E-state index in [-0.39, 0.29) is 23.0 Å². The Morgan fingerprint density at radius 2 is 2.10 bits per heavy atom. The van der Waals surface area contributed by atoms with Crippen LogP contribution < -0.4 is 11.1 Å². The maximum absolute atomic E-state index is 13.8. The summed E-state index contributed by atoms with van der Waals surface area (Å²) in [4.78, 5) is 20.5. The molecular weight excluding hydrogens is 271 g/mol. The van der Waals surface area contributed by atoms with Crippen molar-refractivity contribution in [2.45, 2.75) is 26.7 Å². The number of nitrogen functional groups attached to an aromatic ring is 1. The molecule has 2 aromatic rings. The van der Waals surface area contributed by atoms with Gasteiger partial charge in [0.25, 0.3) is 5.91 Å². The molecule has 0 radical (unpaired) electrons. The molecule has 0 aliphatic rings. The van der Waals surface area contributed by atoms with Gasteiger partial charge in [0.2, 0.25) is 0 Å². The Bertz CT molecular complexity index is 665. The average molecular weight is 288 g/mol. The summed E-state index contributed by atoms with van der Waals surface area (Å²) in [6.45, 7) is 5.53. The van der Waals surface area contributed by atoms with Crippen LogP contribution in [0.15, 0.2) is 24.4 Å². The Kier molecular flexibility index (Phi) is 4.16. The Hall–Kier alpha value is -2.50. The number of anilines is 2. The molecule has 5 nitrogen and oxygen atoms in total. The van der Waals surface area contributed by atoms with Gasteiger partial charge in [0.05, 0.1) is 17.6 Å². The van der Waals surface area contributed by atoms with Gasteiger partial charge in [-0.3, -0.25) is 4.79 Å². The summed E-state index contributed by atoms with van der Waals surface area (Å²) in [5, 5.41) is 2.52. The van der Waals surface area contributed by atoms with Gasteiger partial charge in [-0.1, -0.05) is 26.0 Å². The summed E-state index contributed by atoms with van der Waals surface area (Å²) >= 11 is 0. The Labute approximate surface area is 122 Å². The van der Waals surface area contributed by atoms with Gasteiger partial charge in [-0.25, -0.2) is 14.4 Å². The Morgan fingerprint density at radius 1 is 1.38 bits per heavy atom. The van der Waals surface area contributed by atoms with E-state index in [0.717, 1.165) is 0 Å². The average Bonchev–Trinajstić information content (AvgIpc) is 2.43. The zero-order chi connectivity index (χ0) is 15.6. The SMILES string of the molecule is Cc1cccc(F)c1NC(=O)c1nc(C(C)C)ncc1N. The van der Waals surface area contributed by atoms with Gasteiger partial charge in [-0.2, -0.15) is 0 Å². The summed E-state index contributed by atoms with van der Waals surface area (Å²) in [6.07, 6.45) is 1.39. The summed E-state index contributed by atoms with van der Waals surface area (Å²) in [6, 6.07) is 4.57. The van der Waals surface area contributed by atoms with Crippen LogP contribution in [-0.2, 0) is 0 Å². The van der Waals surface area contributed by atoms with Crippen molar-refractivity contribution in [3.63, 3.8) is 0 Å². The maximum Gasteiger partial charge on any atom is 0.276 e. The van der Waals surface area contributed by atoms with Crippen molar-refractivity contribution in [3.05, 3.63) is 47.3 Å². The van der Waals surface area contributed by atoms with E-state index in [2.05, 4.69) is 15.3 Å². The van der Waals surface area contributed by atoms with E-state index in [1.807, 2.05) is 13.8 Å². The summed E-state index contributed by atoms with van der Waals surface area (Å²) in [5.41, 5.74) is 6.71. The molecule has 1 aromatic carbocycles. The molecule has 1 aromatic heterocycles. The first kappa shape index (κ1) is 14.9. The summed E-state index contributed by atoms with van der Waals surface area (Å²) in [5.74, 6) is -0.475. The molecule has 21 heavy (non-hydrogen) atoms. The molecule has 1 amide bonds. The second-order valence-electron chi connectivity index (χ2n) is 5.07. The molecule has 3 N–H and O–H groups in total. The molecule has 2 rings (SSSR count). The number of benzene rings is 1. The van der Waals surface area contributed by atoms with Crippen molar-refractivity contribution < 1.29 is 9.18 Å². The van der Waals surface area contributed by atoms with Crippen LogP contribution in [0, 0.1) is 12.7 Å². The van der Waals surface area contributed by atoms with Crippen LogP contribution >= 0.6 is 0 Å². The second kappa shape index (κ2) is 5.87. The molecule has 1 heterocycles. The zero-order valence-electron chi connectivity index (χ0n) is 12.1. The van der Waals surface area contributed by atoms with Crippen molar-refractivity contribution in [3.8, 4) is 0 Å². The number of rotatable bonds is 3. The van der Waals surface area contributed by atoms with Gasteiger partial charge < -0.3 is 11.1 Å². The van der Waals surface area contributed by atoms with Gasteiger partial charge in [-0.15, -0.1) is 0 Å². The van der Waals surface area contributed by atoms with Crippen molar-refractivity contribution in [1.82, 2.24) is 9.97 Å². The van der Waals surface area contributed by atoms with Crippen molar-refractivity contribution in [2.24, 2.45) is 0 Å². The minimum Gasteiger partial charge on any atom is -0.396 e. The third kappa shape index (κ3) is 3.16. The molecular formula is C15H17FN4O. The number of nitrogens with one attached hydrogen (secondary N) is 1. The highest BCUT2D eigenvalue weighted by molar-refractivity contribution is 6.06. The number of aromatic nitrogens is 2. The normalized spacial score (nSPS) is 10.7. The van der Waals surface area contributed by atoms with Crippen LogP contribution in [0.1, 0.15) is 41.6 Å². The Balaban J connectivity index is 2.35. The van der Waals surface area contributed by atoms with E-state index >= 15 is 0 Å². The van der Waals surface area contributed by atoms with Crippen LogP contribution in [0.3, 0.4) is 0 Å². The number of aryl methyl sites for hydroxylation is 1. The molecule has 0 fully saturated rings. The highest BCUT2D eigenvalue weighted by Crippen LogP contribution is 2.21. The van der Waals surface area contributed by atoms with E-state index in [0.29, 0.717) is 11.4 Å². The number of carbonyl (C=O) groups excluding carboxylic acids is 1. The van der Waals surface area contributed by atoms with Crippen LogP contribution in [0.2, 0.25) is 0 Å². The number of hydrogen-bond acceptors (Lipinski definition) is 4. The molecule has 0 aliphatic heterocycles. The zero-order valence-corrected chi connectivity index (χ0v) is 12.1. The molecule has 0 aliphatic carbocycles. The van der Waals surface area contributed by atoms with Crippen LogP contribution in [-0.4, -0.2) is 15.9 Å². The standard InChI is InChI=1S/C15H17FN4O/c1-8(2)14-18-7-11(17)13(19-14)15(21)20-12-9(3)5-4-6-10(12)16/h4-8H,17H2,1-3H3,(H,20,21). The molecule has 0 unspecified atom stereocenters. The highest BCUT2D eigenvalue weighted by atomic mass is 19.1. The monoisotopic (exact) mass is 288 g/mol. The van der Waals surface area contributed by atoms with E-state index in [4.69, 9.17) is 5.73 Å². The number of amides is 1. The molecule has 0 saturated carbocycles. The van der Waals surface area contributed by atoms with Gasteiger partial charge in [-0.05, 0) is 18.6 Å². The van der Waals surface area contributed by atoms with E-state index in [1.54, 1.807) is 19.1 Å². The van der Waals surface area contributed by atoms with Crippen LogP contribution in [0.5, 0.6) is 0 Å². The molecule has 0 bridgehead atoms. The fourth-order valence-corrected chi connectivity index (χ4v) is 1.83. The smallest absolute Gasteiger partial charge is 0.276 e. The predicted molar refractivity (Wildman–Crippen MR) is 79.6 cm³/mol. The van der Waals surface area contributed by atoms with Crippen molar-refractivity contribution in [2.75, 3.05) is 11.1 Å².